The van der Waals surface area contributed by atoms with E-state index in [0.29, 0.717) is 18.4 Å². The van der Waals surface area contributed by atoms with Crippen molar-refractivity contribution < 1.29 is 5.11 Å². The third-order valence-corrected chi connectivity index (χ3v) is 2.59. The smallest absolute Gasteiger partial charge is 0.0546 e. The molecule has 0 aromatic rings. The topological polar surface area (TPSA) is 46.2 Å². The van der Waals surface area contributed by atoms with Gasteiger partial charge in [-0.05, 0) is 37.6 Å². The van der Waals surface area contributed by atoms with E-state index in [2.05, 4.69) is 6.58 Å². The van der Waals surface area contributed by atoms with Crippen LogP contribution in [0.3, 0.4) is 0 Å². The van der Waals surface area contributed by atoms with Gasteiger partial charge in [0.05, 0.1) is 6.10 Å². The summed E-state index contributed by atoms with van der Waals surface area (Å²) in [5.74, 6) is 1.09. The molecule has 0 saturated heterocycles. The van der Waals surface area contributed by atoms with Crippen LogP contribution in [0.15, 0.2) is 12.7 Å². The second kappa shape index (κ2) is 3.88. The Kier molecular flexibility index (Phi) is 3.09. The summed E-state index contributed by atoms with van der Waals surface area (Å²) < 4.78 is 0. The molecule has 1 aliphatic rings. The summed E-state index contributed by atoms with van der Waals surface area (Å²) in [7, 11) is 0. The number of nitrogens with two attached hydrogens (primary N) is 1. The van der Waals surface area contributed by atoms with Gasteiger partial charge in [-0.25, -0.2) is 0 Å². The maximum absolute atomic E-state index is 9.34. The van der Waals surface area contributed by atoms with E-state index in [9.17, 15) is 5.11 Å². The van der Waals surface area contributed by atoms with Gasteiger partial charge < -0.3 is 10.8 Å². The van der Waals surface area contributed by atoms with Crippen molar-refractivity contribution in [1.29, 1.82) is 0 Å². The molecule has 0 aromatic heterocycles. The first-order chi connectivity index (χ1) is 5.27. The van der Waals surface area contributed by atoms with E-state index in [4.69, 9.17) is 5.73 Å². The quantitative estimate of drug-likeness (QED) is 0.595. The highest BCUT2D eigenvalue weighted by Crippen LogP contribution is 2.33. The third kappa shape index (κ3) is 2.04. The van der Waals surface area contributed by atoms with Gasteiger partial charge in [0.1, 0.15) is 0 Å². The van der Waals surface area contributed by atoms with Crippen molar-refractivity contribution >= 4 is 0 Å². The van der Waals surface area contributed by atoms with Crippen LogP contribution in [0.5, 0.6) is 0 Å². The van der Waals surface area contributed by atoms with Crippen molar-refractivity contribution in [3.05, 3.63) is 12.7 Å². The molecule has 0 bridgehead atoms. The lowest BCUT2D eigenvalue weighted by Gasteiger charge is -2.14. The summed E-state index contributed by atoms with van der Waals surface area (Å²) in [5, 5.41) is 9.34. The van der Waals surface area contributed by atoms with Crippen molar-refractivity contribution in [2.24, 2.45) is 17.6 Å². The zero-order valence-corrected chi connectivity index (χ0v) is 6.87. The predicted molar refractivity (Wildman–Crippen MR) is 46.1 cm³/mol. The van der Waals surface area contributed by atoms with Crippen LogP contribution in [-0.2, 0) is 0 Å². The highest BCUT2D eigenvalue weighted by Gasteiger charge is 2.30. The molecule has 3 N–H and O–H groups in total. The highest BCUT2D eigenvalue weighted by molar-refractivity contribution is 4.87. The average molecular weight is 155 g/mol. The first-order valence-corrected chi connectivity index (χ1v) is 4.27. The van der Waals surface area contributed by atoms with Crippen molar-refractivity contribution in [2.45, 2.75) is 25.4 Å². The standard InChI is InChI=1S/C9H17NO/c1-2-3-7-4-9(11)5-8(7)6-10/h2,7-9,11H,1,3-6,10H2/t7-,8+,9-/m1/s1. The summed E-state index contributed by atoms with van der Waals surface area (Å²) in [5.41, 5.74) is 5.57. The number of rotatable bonds is 3. The van der Waals surface area contributed by atoms with Crippen molar-refractivity contribution in [1.82, 2.24) is 0 Å². The fraction of sp³-hybridized carbons (Fsp3) is 0.778. The Morgan fingerprint density at radius 2 is 2.09 bits per heavy atom. The normalized spacial score (nSPS) is 37.5. The summed E-state index contributed by atoms with van der Waals surface area (Å²) in [4.78, 5) is 0. The molecule has 1 aliphatic carbocycles. The second-order valence-corrected chi connectivity index (χ2v) is 3.41. The molecular weight excluding hydrogens is 138 g/mol. The second-order valence-electron chi connectivity index (χ2n) is 3.41. The van der Waals surface area contributed by atoms with Crippen LogP contribution in [0.4, 0.5) is 0 Å². The van der Waals surface area contributed by atoms with E-state index in [1.165, 1.54) is 0 Å². The summed E-state index contributed by atoms with van der Waals surface area (Å²) in [6.07, 6.45) is 4.60. The molecule has 1 fully saturated rings. The molecule has 2 heteroatoms. The van der Waals surface area contributed by atoms with E-state index in [1.807, 2.05) is 6.08 Å². The summed E-state index contributed by atoms with van der Waals surface area (Å²) in [6, 6.07) is 0. The Labute approximate surface area is 68.1 Å². The van der Waals surface area contributed by atoms with Gasteiger partial charge in [0.2, 0.25) is 0 Å². The van der Waals surface area contributed by atoms with Gasteiger partial charge in [-0.3, -0.25) is 0 Å². The van der Waals surface area contributed by atoms with Gasteiger partial charge in [-0.15, -0.1) is 6.58 Å². The van der Waals surface area contributed by atoms with Gasteiger partial charge in [0.15, 0.2) is 0 Å². The molecule has 0 heterocycles. The number of aliphatic hydroxyl groups is 1. The first-order valence-electron chi connectivity index (χ1n) is 4.27. The largest absolute Gasteiger partial charge is 0.393 e. The van der Waals surface area contributed by atoms with Crippen molar-refractivity contribution in [3.8, 4) is 0 Å². The number of hydrogen-bond acceptors (Lipinski definition) is 2. The Morgan fingerprint density at radius 1 is 1.45 bits per heavy atom. The fourth-order valence-corrected chi connectivity index (χ4v) is 1.97. The lowest BCUT2D eigenvalue weighted by Crippen LogP contribution is -2.18. The molecule has 1 rings (SSSR count). The summed E-state index contributed by atoms with van der Waals surface area (Å²) in [6.45, 7) is 4.40. The van der Waals surface area contributed by atoms with E-state index in [1.54, 1.807) is 0 Å². The van der Waals surface area contributed by atoms with Gasteiger partial charge in [-0.2, -0.15) is 0 Å². The lowest BCUT2D eigenvalue weighted by atomic mass is 9.93. The zero-order valence-electron chi connectivity index (χ0n) is 6.87. The van der Waals surface area contributed by atoms with Gasteiger partial charge in [0, 0.05) is 0 Å². The van der Waals surface area contributed by atoms with Crippen LogP contribution >= 0.6 is 0 Å². The third-order valence-electron chi connectivity index (χ3n) is 2.59. The Hall–Kier alpha value is -0.340. The molecule has 0 radical (unpaired) electrons. The van der Waals surface area contributed by atoms with E-state index >= 15 is 0 Å². The molecule has 2 nitrogen and oxygen atoms in total. The van der Waals surface area contributed by atoms with Crippen LogP contribution in [0.1, 0.15) is 19.3 Å². The summed E-state index contributed by atoms with van der Waals surface area (Å²) >= 11 is 0. The average Bonchev–Trinajstić information content (AvgIpc) is 2.32. The molecule has 64 valence electrons. The predicted octanol–water partition coefficient (Wildman–Crippen LogP) is 0.908. The highest BCUT2D eigenvalue weighted by atomic mass is 16.3. The molecule has 0 spiro atoms. The van der Waals surface area contributed by atoms with Gasteiger partial charge in [-0.1, -0.05) is 6.08 Å². The van der Waals surface area contributed by atoms with Crippen LogP contribution in [0.25, 0.3) is 0 Å². The van der Waals surface area contributed by atoms with Crippen LogP contribution in [0.2, 0.25) is 0 Å². The number of hydrogen-bond donors (Lipinski definition) is 2. The van der Waals surface area contributed by atoms with E-state index in [0.717, 1.165) is 19.3 Å². The minimum Gasteiger partial charge on any atom is -0.393 e. The van der Waals surface area contributed by atoms with Crippen LogP contribution < -0.4 is 5.73 Å². The molecular formula is C9H17NO. The molecule has 0 aromatic carbocycles. The van der Waals surface area contributed by atoms with Crippen molar-refractivity contribution in [3.63, 3.8) is 0 Å². The zero-order chi connectivity index (χ0) is 8.27. The molecule has 0 unspecified atom stereocenters. The minimum absolute atomic E-state index is 0.117. The first kappa shape index (κ1) is 8.75. The minimum atomic E-state index is -0.117. The van der Waals surface area contributed by atoms with E-state index in [-0.39, 0.29) is 6.10 Å². The molecule has 3 atom stereocenters. The van der Waals surface area contributed by atoms with Gasteiger partial charge in [0.25, 0.3) is 0 Å². The number of allylic oxidation sites excluding steroid dienone is 1. The SMILES string of the molecule is C=CC[C@@H]1C[C@@H](O)C[C@H]1CN. The Balaban J connectivity index is 2.43. The Morgan fingerprint density at radius 3 is 2.64 bits per heavy atom. The maximum atomic E-state index is 9.34. The molecule has 11 heavy (non-hydrogen) atoms. The fourth-order valence-electron chi connectivity index (χ4n) is 1.97. The van der Waals surface area contributed by atoms with Crippen molar-refractivity contribution in [2.75, 3.05) is 6.54 Å². The van der Waals surface area contributed by atoms with Crippen LogP contribution in [0, 0.1) is 11.8 Å². The number of aliphatic hydroxyl groups excluding tert-OH is 1. The monoisotopic (exact) mass is 155 g/mol. The molecule has 1 saturated carbocycles. The maximum Gasteiger partial charge on any atom is 0.0546 e. The molecule has 0 amide bonds. The Bertz CT molecular complexity index is 136. The van der Waals surface area contributed by atoms with Crippen LogP contribution in [-0.4, -0.2) is 17.8 Å². The van der Waals surface area contributed by atoms with Gasteiger partial charge >= 0.3 is 0 Å². The van der Waals surface area contributed by atoms with E-state index < -0.39 is 0 Å². The molecule has 0 aliphatic heterocycles. The lowest BCUT2D eigenvalue weighted by molar-refractivity contribution is 0.175.